The molecule has 0 spiro atoms. The number of benzene rings is 1. The van der Waals surface area contributed by atoms with Crippen LogP contribution in [0.4, 0.5) is 10.5 Å². The molecule has 160 valence electrons. The summed E-state index contributed by atoms with van der Waals surface area (Å²) in [5.74, 6) is -1.25. The third-order valence-corrected chi connectivity index (χ3v) is 4.49. The van der Waals surface area contributed by atoms with E-state index in [4.69, 9.17) is 9.84 Å². The number of nitrogens with zero attached hydrogens (tertiary/aromatic N) is 2. The summed E-state index contributed by atoms with van der Waals surface area (Å²) in [5, 5.41) is 12.1. The van der Waals surface area contributed by atoms with Gasteiger partial charge in [-0.15, -0.1) is 0 Å². The summed E-state index contributed by atoms with van der Waals surface area (Å²) in [7, 11) is 1.73. The number of anilines is 1. The number of aliphatic carboxylic acids is 1. The molecule has 0 aliphatic heterocycles. The molecular formula is C23H29N3O4. The van der Waals surface area contributed by atoms with Gasteiger partial charge in [0.15, 0.2) is 0 Å². The molecule has 2 aromatic rings. The zero-order valence-electron chi connectivity index (χ0n) is 17.7. The molecule has 2 N–H and O–H groups in total. The minimum absolute atomic E-state index is 0.124. The molecule has 2 amide bonds. The number of amides is 2. The Bertz CT molecular complexity index is 878. The number of aromatic nitrogens is 1. The van der Waals surface area contributed by atoms with E-state index in [0.29, 0.717) is 12.1 Å². The Kier molecular flexibility index (Phi) is 8.87. The van der Waals surface area contributed by atoms with Crippen molar-refractivity contribution in [3.05, 3.63) is 53.9 Å². The van der Waals surface area contributed by atoms with Gasteiger partial charge in [0.1, 0.15) is 0 Å². The van der Waals surface area contributed by atoms with Gasteiger partial charge in [-0.05, 0) is 43.2 Å². The monoisotopic (exact) mass is 411 g/mol. The Morgan fingerprint density at radius 1 is 1.20 bits per heavy atom. The van der Waals surface area contributed by atoms with Gasteiger partial charge in [-0.2, -0.15) is 0 Å². The van der Waals surface area contributed by atoms with Gasteiger partial charge in [-0.25, -0.2) is 9.59 Å². The van der Waals surface area contributed by atoms with Gasteiger partial charge in [0.2, 0.25) is 5.76 Å². The molecule has 0 radical (unpaired) electrons. The number of hydrogen-bond acceptors (Lipinski definition) is 4. The molecule has 1 aromatic carbocycles. The maximum absolute atomic E-state index is 12.3. The van der Waals surface area contributed by atoms with E-state index in [0.717, 1.165) is 36.2 Å². The SMILES string of the molecule is CCCCCNC(=O)N(C)c1cccc(-c2ccc(/C=C(\OCC)C(=O)O)cn2)c1. The molecule has 2 rings (SSSR count). The molecule has 0 atom stereocenters. The third kappa shape index (κ3) is 6.62. The van der Waals surface area contributed by atoms with Gasteiger partial charge in [0, 0.05) is 31.0 Å². The van der Waals surface area contributed by atoms with Crippen LogP contribution in [0.25, 0.3) is 17.3 Å². The lowest BCUT2D eigenvalue weighted by Gasteiger charge is -2.19. The zero-order chi connectivity index (χ0) is 21.9. The minimum atomic E-state index is -1.12. The quantitative estimate of drug-likeness (QED) is 0.340. The first-order valence-electron chi connectivity index (χ1n) is 10.1. The Hall–Kier alpha value is -3.35. The van der Waals surface area contributed by atoms with Crippen molar-refractivity contribution in [2.45, 2.75) is 33.1 Å². The Labute approximate surface area is 177 Å². The lowest BCUT2D eigenvalue weighted by Crippen LogP contribution is -2.37. The highest BCUT2D eigenvalue weighted by Gasteiger charge is 2.12. The third-order valence-electron chi connectivity index (χ3n) is 4.49. The van der Waals surface area contributed by atoms with Crippen LogP contribution < -0.4 is 10.2 Å². The molecule has 1 heterocycles. The van der Waals surface area contributed by atoms with Crippen LogP contribution in [0.3, 0.4) is 0 Å². The molecule has 0 aliphatic rings. The summed E-state index contributed by atoms with van der Waals surface area (Å²) < 4.78 is 5.12. The predicted octanol–water partition coefficient (Wildman–Crippen LogP) is 4.55. The summed E-state index contributed by atoms with van der Waals surface area (Å²) in [6.07, 6.45) is 6.20. The van der Waals surface area contributed by atoms with E-state index in [1.807, 2.05) is 24.3 Å². The maximum Gasteiger partial charge on any atom is 0.371 e. The highest BCUT2D eigenvalue weighted by atomic mass is 16.5. The van der Waals surface area contributed by atoms with Gasteiger partial charge in [-0.1, -0.05) is 38.0 Å². The Morgan fingerprint density at radius 3 is 2.63 bits per heavy atom. The molecule has 0 bridgehead atoms. The van der Waals surface area contributed by atoms with Crippen molar-refractivity contribution in [1.82, 2.24) is 10.3 Å². The second-order valence-electron chi connectivity index (χ2n) is 6.77. The van der Waals surface area contributed by atoms with E-state index in [2.05, 4.69) is 17.2 Å². The van der Waals surface area contributed by atoms with Crippen LogP contribution in [-0.2, 0) is 9.53 Å². The minimum Gasteiger partial charge on any atom is -0.487 e. The van der Waals surface area contributed by atoms with Crippen molar-refractivity contribution in [3.8, 4) is 11.3 Å². The van der Waals surface area contributed by atoms with Crippen LogP contribution in [0.1, 0.15) is 38.7 Å². The second kappa shape index (κ2) is 11.6. The van der Waals surface area contributed by atoms with Crippen molar-refractivity contribution in [2.24, 2.45) is 0 Å². The van der Waals surface area contributed by atoms with Crippen molar-refractivity contribution in [3.63, 3.8) is 0 Å². The standard InChI is InChI=1S/C23H29N3O4/c1-4-6-7-13-24-23(29)26(3)19-10-8-9-18(15-19)20-12-11-17(16-25-20)14-21(22(27)28)30-5-2/h8-12,14-16H,4-7,13H2,1-3H3,(H,24,29)(H,27,28)/b21-14-. The van der Waals surface area contributed by atoms with E-state index in [1.54, 1.807) is 37.2 Å². The van der Waals surface area contributed by atoms with Crippen LogP contribution >= 0.6 is 0 Å². The van der Waals surface area contributed by atoms with Crippen LogP contribution in [0, 0.1) is 0 Å². The summed E-state index contributed by atoms with van der Waals surface area (Å²) in [4.78, 5) is 29.5. The normalized spacial score (nSPS) is 11.1. The average Bonchev–Trinajstić information content (AvgIpc) is 2.76. The molecule has 7 nitrogen and oxygen atoms in total. The highest BCUT2D eigenvalue weighted by molar-refractivity contribution is 5.92. The topological polar surface area (TPSA) is 91.8 Å². The van der Waals surface area contributed by atoms with Gasteiger partial charge >= 0.3 is 12.0 Å². The number of nitrogens with one attached hydrogen (secondary N) is 1. The number of urea groups is 1. The summed E-state index contributed by atoms with van der Waals surface area (Å²) in [6, 6.07) is 11.0. The fourth-order valence-electron chi connectivity index (χ4n) is 2.81. The van der Waals surface area contributed by atoms with E-state index < -0.39 is 5.97 Å². The van der Waals surface area contributed by atoms with Crippen molar-refractivity contribution >= 4 is 23.8 Å². The summed E-state index contributed by atoms with van der Waals surface area (Å²) in [6.45, 7) is 4.79. The number of carbonyl (C=O) groups excluding carboxylic acids is 1. The lowest BCUT2D eigenvalue weighted by atomic mass is 10.1. The number of carbonyl (C=O) groups is 2. The number of carboxylic acid groups (broad SMARTS) is 1. The van der Waals surface area contributed by atoms with Crippen LogP contribution in [0.5, 0.6) is 0 Å². The zero-order valence-corrected chi connectivity index (χ0v) is 17.7. The number of ether oxygens (including phenoxy) is 1. The van der Waals surface area contributed by atoms with Gasteiger partial charge < -0.3 is 15.2 Å². The first-order valence-corrected chi connectivity index (χ1v) is 10.1. The fraction of sp³-hybridized carbons (Fsp3) is 0.348. The second-order valence-corrected chi connectivity index (χ2v) is 6.77. The Morgan fingerprint density at radius 2 is 2.00 bits per heavy atom. The number of carboxylic acids is 1. The average molecular weight is 412 g/mol. The van der Waals surface area contributed by atoms with Gasteiger partial charge in [-0.3, -0.25) is 9.88 Å². The highest BCUT2D eigenvalue weighted by Crippen LogP contribution is 2.23. The van der Waals surface area contributed by atoms with E-state index in [1.165, 1.54) is 6.08 Å². The van der Waals surface area contributed by atoms with Crippen molar-refractivity contribution < 1.29 is 19.4 Å². The molecular weight excluding hydrogens is 382 g/mol. The van der Waals surface area contributed by atoms with E-state index in [-0.39, 0.29) is 18.4 Å². The van der Waals surface area contributed by atoms with E-state index >= 15 is 0 Å². The summed E-state index contributed by atoms with van der Waals surface area (Å²) >= 11 is 0. The maximum atomic E-state index is 12.3. The number of unbranched alkanes of at least 4 members (excludes halogenated alkanes) is 2. The smallest absolute Gasteiger partial charge is 0.371 e. The molecule has 30 heavy (non-hydrogen) atoms. The predicted molar refractivity (Wildman–Crippen MR) is 118 cm³/mol. The van der Waals surface area contributed by atoms with Crippen molar-refractivity contribution in [2.75, 3.05) is 25.1 Å². The number of pyridine rings is 1. The fourth-order valence-corrected chi connectivity index (χ4v) is 2.81. The first-order chi connectivity index (χ1) is 14.5. The number of hydrogen-bond donors (Lipinski definition) is 2. The summed E-state index contributed by atoms with van der Waals surface area (Å²) in [5.41, 5.74) is 2.97. The molecule has 0 fully saturated rings. The molecule has 0 saturated carbocycles. The van der Waals surface area contributed by atoms with E-state index in [9.17, 15) is 9.59 Å². The molecule has 0 unspecified atom stereocenters. The van der Waals surface area contributed by atoms with Crippen LogP contribution in [-0.4, -0.2) is 42.3 Å². The first kappa shape index (κ1) is 22.9. The Balaban J connectivity index is 2.12. The lowest BCUT2D eigenvalue weighted by molar-refractivity contribution is -0.136. The van der Waals surface area contributed by atoms with Gasteiger partial charge in [0.05, 0.1) is 12.3 Å². The van der Waals surface area contributed by atoms with Crippen LogP contribution in [0.15, 0.2) is 48.4 Å². The largest absolute Gasteiger partial charge is 0.487 e. The van der Waals surface area contributed by atoms with Crippen LogP contribution in [0.2, 0.25) is 0 Å². The van der Waals surface area contributed by atoms with Crippen molar-refractivity contribution in [1.29, 1.82) is 0 Å². The molecule has 7 heteroatoms. The molecule has 0 aliphatic carbocycles. The number of rotatable bonds is 10. The molecule has 0 saturated heterocycles. The molecule has 1 aromatic heterocycles. The van der Waals surface area contributed by atoms with Gasteiger partial charge in [0.25, 0.3) is 0 Å².